The topological polar surface area (TPSA) is 86.5 Å². The minimum Gasteiger partial charge on any atom is -0.363 e. The smallest absolute Gasteiger partial charge is 0.252 e. The maximum Gasteiger partial charge on any atom is 0.252 e. The van der Waals surface area contributed by atoms with Crippen LogP contribution in [0.15, 0.2) is 29.6 Å². The van der Waals surface area contributed by atoms with Crippen molar-refractivity contribution in [1.29, 1.82) is 0 Å². The van der Waals surface area contributed by atoms with Crippen LogP contribution in [0.3, 0.4) is 0 Å². The van der Waals surface area contributed by atoms with Crippen LogP contribution in [0.4, 0.5) is 5.82 Å². The molecule has 0 spiro atoms. The van der Waals surface area contributed by atoms with Crippen LogP contribution in [0.1, 0.15) is 18.5 Å². The maximum absolute atomic E-state index is 11.0. The number of H-pyrrole nitrogens is 2. The first-order valence-corrected chi connectivity index (χ1v) is 4.55. The van der Waals surface area contributed by atoms with E-state index in [1.165, 1.54) is 12.4 Å². The largest absolute Gasteiger partial charge is 0.363 e. The van der Waals surface area contributed by atoms with Gasteiger partial charge in [0.2, 0.25) is 0 Å². The van der Waals surface area contributed by atoms with Gasteiger partial charge in [0.15, 0.2) is 0 Å². The molecule has 0 amide bonds. The molecular weight excluding hydrogens is 194 g/mol. The highest BCUT2D eigenvalue weighted by Crippen LogP contribution is 2.14. The fourth-order valence-corrected chi connectivity index (χ4v) is 1.25. The molecule has 2 heterocycles. The standard InChI is InChI=1S/C9H11N5O/c1-6(7-3-12-13-4-7)14-8-2-9(15)11-5-10-8/h2-6H,1H3,(H,12,13)(H2,10,11,14,15). The van der Waals surface area contributed by atoms with Gasteiger partial charge in [-0.1, -0.05) is 0 Å². The Labute approximate surface area is 85.8 Å². The molecule has 78 valence electrons. The van der Waals surface area contributed by atoms with Crippen molar-refractivity contribution < 1.29 is 0 Å². The Kier molecular flexibility index (Phi) is 2.49. The molecule has 0 saturated carbocycles. The van der Waals surface area contributed by atoms with Gasteiger partial charge < -0.3 is 10.3 Å². The molecule has 1 unspecified atom stereocenters. The van der Waals surface area contributed by atoms with Gasteiger partial charge in [-0.05, 0) is 6.92 Å². The Morgan fingerprint density at radius 2 is 2.40 bits per heavy atom. The van der Waals surface area contributed by atoms with Crippen molar-refractivity contribution in [2.75, 3.05) is 5.32 Å². The molecule has 0 aromatic carbocycles. The zero-order valence-electron chi connectivity index (χ0n) is 8.19. The van der Waals surface area contributed by atoms with E-state index in [-0.39, 0.29) is 11.6 Å². The fourth-order valence-electron chi connectivity index (χ4n) is 1.25. The Bertz CT molecular complexity index is 475. The predicted octanol–water partition coefficient (Wildman–Crippen LogP) is 0.666. The number of anilines is 1. The molecular formula is C9H11N5O. The van der Waals surface area contributed by atoms with E-state index in [9.17, 15) is 4.79 Å². The lowest BCUT2D eigenvalue weighted by molar-refractivity contribution is 0.871. The SMILES string of the molecule is CC(Nc1cc(=O)[nH]cn1)c1cn[nH]c1. The summed E-state index contributed by atoms with van der Waals surface area (Å²) in [6.07, 6.45) is 4.89. The second-order valence-corrected chi connectivity index (χ2v) is 3.19. The molecule has 0 radical (unpaired) electrons. The third-order valence-electron chi connectivity index (χ3n) is 2.06. The number of aromatic nitrogens is 4. The number of nitrogens with one attached hydrogen (secondary N) is 3. The van der Waals surface area contributed by atoms with E-state index >= 15 is 0 Å². The van der Waals surface area contributed by atoms with Crippen LogP contribution in [0.25, 0.3) is 0 Å². The molecule has 0 aliphatic rings. The average Bonchev–Trinajstić information content (AvgIpc) is 2.70. The first kappa shape index (κ1) is 9.45. The van der Waals surface area contributed by atoms with Crippen molar-refractivity contribution >= 4 is 5.82 Å². The highest BCUT2D eigenvalue weighted by atomic mass is 16.1. The van der Waals surface area contributed by atoms with Crippen molar-refractivity contribution in [3.05, 3.63) is 40.7 Å². The van der Waals surface area contributed by atoms with Gasteiger partial charge in [0.25, 0.3) is 5.56 Å². The molecule has 2 aromatic heterocycles. The summed E-state index contributed by atoms with van der Waals surface area (Å²) >= 11 is 0. The van der Waals surface area contributed by atoms with E-state index in [1.54, 1.807) is 12.4 Å². The molecule has 0 aliphatic heterocycles. The van der Waals surface area contributed by atoms with Crippen LogP contribution in [-0.4, -0.2) is 20.2 Å². The van der Waals surface area contributed by atoms with Gasteiger partial charge in [-0.15, -0.1) is 0 Å². The van der Waals surface area contributed by atoms with Crippen molar-refractivity contribution in [3.63, 3.8) is 0 Å². The van der Waals surface area contributed by atoms with Crippen LogP contribution < -0.4 is 10.9 Å². The summed E-state index contributed by atoms with van der Waals surface area (Å²) in [5.41, 5.74) is 0.837. The Balaban J connectivity index is 2.12. The van der Waals surface area contributed by atoms with E-state index in [0.29, 0.717) is 5.82 Å². The van der Waals surface area contributed by atoms with Gasteiger partial charge in [0, 0.05) is 17.8 Å². The van der Waals surface area contributed by atoms with Crippen LogP contribution in [0.5, 0.6) is 0 Å². The van der Waals surface area contributed by atoms with Gasteiger partial charge in [-0.2, -0.15) is 5.10 Å². The van der Waals surface area contributed by atoms with Crippen molar-refractivity contribution in [1.82, 2.24) is 20.2 Å². The van der Waals surface area contributed by atoms with Crippen LogP contribution >= 0.6 is 0 Å². The molecule has 3 N–H and O–H groups in total. The molecule has 0 bridgehead atoms. The van der Waals surface area contributed by atoms with Gasteiger partial charge in [-0.3, -0.25) is 9.89 Å². The monoisotopic (exact) mass is 205 g/mol. The second-order valence-electron chi connectivity index (χ2n) is 3.19. The lowest BCUT2D eigenvalue weighted by atomic mass is 10.2. The van der Waals surface area contributed by atoms with Crippen molar-refractivity contribution in [2.24, 2.45) is 0 Å². The molecule has 2 aromatic rings. The normalized spacial score (nSPS) is 12.3. The molecule has 6 heteroatoms. The van der Waals surface area contributed by atoms with Crippen LogP contribution in [-0.2, 0) is 0 Å². The van der Waals surface area contributed by atoms with E-state index in [0.717, 1.165) is 5.56 Å². The Morgan fingerprint density at radius 3 is 3.07 bits per heavy atom. The molecule has 0 aliphatic carbocycles. The lowest BCUT2D eigenvalue weighted by Gasteiger charge is -2.11. The summed E-state index contributed by atoms with van der Waals surface area (Å²) in [6.45, 7) is 1.97. The van der Waals surface area contributed by atoms with Crippen molar-refractivity contribution in [3.8, 4) is 0 Å². The van der Waals surface area contributed by atoms with E-state index in [2.05, 4.69) is 25.5 Å². The summed E-state index contributed by atoms with van der Waals surface area (Å²) in [4.78, 5) is 17.5. The summed E-state index contributed by atoms with van der Waals surface area (Å²) in [6, 6.07) is 1.47. The predicted molar refractivity (Wildman–Crippen MR) is 55.5 cm³/mol. The minimum absolute atomic E-state index is 0.0537. The average molecular weight is 205 g/mol. The third kappa shape index (κ3) is 2.22. The number of nitrogens with zero attached hydrogens (tertiary/aromatic N) is 2. The van der Waals surface area contributed by atoms with Crippen LogP contribution in [0.2, 0.25) is 0 Å². The number of rotatable bonds is 3. The molecule has 6 nitrogen and oxygen atoms in total. The lowest BCUT2D eigenvalue weighted by Crippen LogP contribution is -2.11. The first-order chi connectivity index (χ1) is 7.25. The van der Waals surface area contributed by atoms with Gasteiger partial charge in [0.05, 0.1) is 18.6 Å². The highest BCUT2D eigenvalue weighted by molar-refractivity contribution is 5.35. The summed E-state index contributed by atoms with van der Waals surface area (Å²) in [5, 5.41) is 9.67. The molecule has 15 heavy (non-hydrogen) atoms. The summed E-state index contributed by atoms with van der Waals surface area (Å²) < 4.78 is 0. The van der Waals surface area contributed by atoms with Gasteiger partial charge in [0.1, 0.15) is 5.82 Å². The molecule has 0 fully saturated rings. The zero-order chi connectivity index (χ0) is 10.7. The van der Waals surface area contributed by atoms with Crippen LogP contribution in [0, 0.1) is 0 Å². The fraction of sp³-hybridized carbons (Fsp3) is 0.222. The molecule has 2 rings (SSSR count). The van der Waals surface area contributed by atoms with Gasteiger partial charge in [-0.25, -0.2) is 4.98 Å². The van der Waals surface area contributed by atoms with Crippen molar-refractivity contribution in [2.45, 2.75) is 13.0 Å². The highest BCUT2D eigenvalue weighted by Gasteiger charge is 2.06. The summed E-state index contributed by atoms with van der Waals surface area (Å²) in [7, 11) is 0. The van der Waals surface area contributed by atoms with E-state index in [4.69, 9.17) is 0 Å². The van der Waals surface area contributed by atoms with Gasteiger partial charge >= 0.3 is 0 Å². The molecule has 0 saturated heterocycles. The minimum atomic E-state index is -0.174. The number of aromatic amines is 2. The Hall–Kier alpha value is -2.11. The summed E-state index contributed by atoms with van der Waals surface area (Å²) in [5.74, 6) is 0.549. The number of hydrogen-bond donors (Lipinski definition) is 3. The Morgan fingerprint density at radius 1 is 1.53 bits per heavy atom. The maximum atomic E-state index is 11.0. The third-order valence-corrected chi connectivity index (χ3v) is 2.06. The second kappa shape index (κ2) is 3.95. The van der Waals surface area contributed by atoms with E-state index < -0.39 is 0 Å². The zero-order valence-corrected chi connectivity index (χ0v) is 8.19. The number of hydrogen-bond acceptors (Lipinski definition) is 4. The quantitative estimate of drug-likeness (QED) is 0.687. The first-order valence-electron chi connectivity index (χ1n) is 4.55. The van der Waals surface area contributed by atoms with E-state index in [1.807, 2.05) is 6.92 Å². The molecule has 1 atom stereocenters.